The molecule has 2 saturated heterocycles. The first kappa shape index (κ1) is 19.0. The van der Waals surface area contributed by atoms with Crippen molar-refractivity contribution in [1.82, 2.24) is 4.90 Å². The molecule has 1 N–H and O–H groups in total. The molecule has 0 spiro atoms. The molecule has 0 radical (unpaired) electrons. The van der Waals surface area contributed by atoms with E-state index in [9.17, 15) is 19.5 Å². The first-order valence-corrected chi connectivity index (χ1v) is 9.76. The van der Waals surface area contributed by atoms with Gasteiger partial charge >= 0.3 is 5.97 Å². The summed E-state index contributed by atoms with van der Waals surface area (Å²) in [5.74, 6) is -1.75. The second kappa shape index (κ2) is 7.95. The van der Waals surface area contributed by atoms with Gasteiger partial charge in [0.2, 0.25) is 5.91 Å². The number of carboxylic acid groups (broad SMARTS) is 1. The molecule has 2 heterocycles. The number of aliphatic carboxylic acids is 1. The van der Waals surface area contributed by atoms with Gasteiger partial charge < -0.3 is 19.8 Å². The highest BCUT2D eigenvalue weighted by Crippen LogP contribution is 2.34. The van der Waals surface area contributed by atoms with Gasteiger partial charge in [0.25, 0.3) is 5.91 Å². The molecule has 0 saturated carbocycles. The van der Waals surface area contributed by atoms with E-state index in [2.05, 4.69) is 4.90 Å². The van der Waals surface area contributed by atoms with E-state index >= 15 is 0 Å². The molecule has 0 bridgehead atoms. The molecule has 29 heavy (non-hydrogen) atoms. The zero-order valence-corrected chi connectivity index (χ0v) is 16.0. The number of nitrogens with zero attached hydrogens (tertiary/aromatic N) is 3. The van der Waals surface area contributed by atoms with Crippen LogP contribution in [0.3, 0.4) is 0 Å². The van der Waals surface area contributed by atoms with Crippen LogP contribution >= 0.6 is 0 Å². The first-order chi connectivity index (χ1) is 14.0. The summed E-state index contributed by atoms with van der Waals surface area (Å²) in [6.45, 7) is 2.68. The third-order valence-electron chi connectivity index (χ3n) is 5.58. The van der Waals surface area contributed by atoms with Gasteiger partial charge in [0, 0.05) is 44.7 Å². The molecule has 2 aliphatic rings. The number of rotatable bonds is 4. The minimum atomic E-state index is -0.939. The number of hydrogen-bond donors (Lipinski definition) is 1. The third kappa shape index (κ3) is 3.81. The quantitative estimate of drug-likeness (QED) is 0.860. The van der Waals surface area contributed by atoms with E-state index in [1.807, 2.05) is 59.5 Å². The van der Waals surface area contributed by atoms with Crippen LogP contribution in [0.15, 0.2) is 54.6 Å². The Morgan fingerprint density at radius 3 is 2.10 bits per heavy atom. The van der Waals surface area contributed by atoms with Gasteiger partial charge in [-0.05, 0) is 24.3 Å². The minimum Gasteiger partial charge on any atom is -0.481 e. The van der Waals surface area contributed by atoms with Crippen LogP contribution in [0.4, 0.5) is 11.4 Å². The molecule has 2 aliphatic heterocycles. The summed E-state index contributed by atoms with van der Waals surface area (Å²) in [6, 6.07) is 16.8. The molecule has 0 unspecified atom stereocenters. The average Bonchev–Trinajstić information content (AvgIpc) is 3.16. The summed E-state index contributed by atoms with van der Waals surface area (Å²) in [4.78, 5) is 42.0. The van der Waals surface area contributed by atoms with Crippen molar-refractivity contribution in [2.45, 2.75) is 6.42 Å². The smallest absolute Gasteiger partial charge is 0.308 e. The SMILES string of the molecule is O=C(O)[C@@H]1CC(=O)N(c2ccccc2N2CCN(C(=O)c3ccccc3)CC2)C1. The highest BCUT2D eigenvalue weighted by molar-refractivity contribution is 6.01. The van der Waals surface area contributed by atoms with Crippen molar-refractivity contribution in [1.29, 1.82) is 0 Å². The Morgan fingerprint density at radius 1 is 0.862 bits per heavy atom. The Hall–Kier alpha value is -3.35. The van der Waals surface area contributed by atoms with E-state index in [0.29, 0.717) is 31.7 Å². The average molecular weight is 393 g/mol. The molecule has 0 aliphatic carbocycles. The van der Waals surface area contributed by atoms with Crippen LogP contribution in [0.2, 0.25) is 0 Å². The molecule has 7 heteroatoms. The first-order valence-electron chi connectivity index (χ1n) is 9.76. The molecule has 0 aromatic heterocycles. The van der Waals surface area contributed by atoms with Crippen LogP contribution in [0, 0.1) is 5.92 Å². The number of carbonyl (C=O) groups excluding carboxylic acids is 2. The Bertz CT molecular complexity index is 923. The lowest BCUT2D eigenvalue weighted by molar-refractivity contribution is -0.141. The van der Waals surface area contributed by atoms with Crippen molar-refractivity contribution in [3.63, 3.8) is 0 Å². The number of piperazine rings is 1. The van der Waals surface area contributed by atoms with Crippen LogP contribution < -0.4 is 9.80 Å². The summed E-state index contributed by atoms with van der Waals surface area (Å²) in [5.41, 5.74) is 2.33. The zero-order chi connectivity index (χ0) is 20.4. The van der Waals surface area contributed by atoms with E-state index in [0.717, 1.165) is 11.4 Å². The van der Waals surface area contributed by atoms with Crippen molar-refractivity contribution in [3.05, 3.63) is 60.2 Å². The lowest BCUT2D eigenvalue weighted by Gasteiger charge is -2.37. The van der Waals surface area contributed by atoms with E-state index in [-0.39, 0.29) is 24.8 Å². The van der Waals surface area contributed by atoms with Crippen molar-refractivity contribution in [2.75, 3.05) is 42.5 Å². The maximum Gasteiger partial charge on any atom is 0.308 e. The van der Waals surface area contributed by atoms with E-state index in [1.165, 1.54) is 0 Å². The maximum absolute atomic E-state index is 12.7. The van der Waals surface area contributed by atoms with Crippen molar-refractivity contribution in [2.24, 2.45) is 5.92 Å². The molecule has 150 valence electrons. The lowest BCUT2D eigenvalue weighted by atomic mass is 10.1. The predicted octanol–water partition coefficient (Wildman–Crippen LogP) is 2.09. The summed E-state index contributed by atoms with van der Waals surface area (Å²) < 4.78 is 0. The minimum absolute atomic E-state index is 0.0255. The summed E-state index contributed by atoms with van der Waals surface area (Å²) in [5, 5.41) is 9.26. The Balaban J connectivity index is 1.48. The van der Waals surface area contributed by atoms with Gasteiger partial charge in [0.1, 0.15) is 0 Å². The van der Waals surface area contributed by atoms with Gasteiger partial charge in [-0.15, -0.1) is 0 Å². The molecule has 2 aromatic carbocycles. The van der Waals surface area contributed by atoms with Crippen molar-refractivity contribution < 1.29 is 19.5 Å². The monoisotopic (exact) mass is 393 g/mol. The van der Waals surface area contributed by atoms with Gasteiger partial charge in [-0.2, -0.15) is 0 Å². The van der Waals surface area contributed by atoms with Gasteiger partial charge in [0.15, 0.2) is 0 Å². The number of amides is 2. The second-order valence-corrected chi connectivity index (χ2v) is 7.38. The number of anilines is 2. The van der Waals surface area contributed by atoms with Crippen LogP contribution in [0.1, 0.15) is 16.8 Å². The molecule has 2 amide bonds. The maximum atomic E-state index is 12.7. The summed E-state index contributed by atoms with van der Waals surface area (Å²) in [6.07, 6.45) is 0.0308. The van der Waals surface area contributed by atoms with E-state index < -0.39 is 11.9 Å². The lowest BCUT2D eigenvalue weighted by Crippen LogP contribution is -2.49. The van der Waals surface area contributed by atoms with Crippen LogP contribution in [-0.4, -0.2) is 60.5 Å². The standard InChI is InChI=1S/C22H23N3O4/c26-20-14-17(22(28)29)15-25(20)19-9-5-4-8-18(19)23-10-12-24(13-11-23)21(27)16-6-2-1-3-7-16/h1-9,17H,10-15H2,(H,28,29)/t17-/m1/s1. The van der Waals surface area contributed by atoms with Crippen LogP contribution in [0.5, 0.6) is 0 Å². The van der Waals surface area contributed by atoms with Crippen LogP contribution in [0.25, 0.3) is 0 Å². The van der Waals surface area contributed by atoms with Gasteiger partial charge in [-0.3, -0.25) is 14.4 Å². The number of para-hydroxylation sites is 2. The molecule has 2 aromatic rings. The van der Waals surface area contributed by atoms with Gasteiger partial charge in [-0.25, -0.2) is 0 Å². The van der Waals surface area contributed by atoms with Gasteiger partial charge in [-0.1, -0.05) is 30.3 Å². The third-order valence-corrected chi connectivity index (χ3v) is 5.58. The van der Waals surface area contributed by atoms with Crippen molar-refractivity contribution in [3.8, 4) is 0 Å². The molecule has 7 nitrogen and oxygen atoms in total. The van der Waals surface area contributed by atoms with E-state index in [1.54, 1.807) is 4.90 Å². The Kier molecular flexibility index (Phi) is 5.20. The number of benzene rings is 2. The normalized spacial score (nSPS) is 19.5. The fourth-order valence-electron chi connectivity index (χ4n) is 3.98. The highest BCUT2D eigenvalue weighted by atomic mass is 16.4. The summed E-state index contributed by atoms with van der Waals surface area (Å²) in [7, 11) is 0. The largest absolute Gasteiger partial charge is 0.481 e. The fourth-order valence-corrected chi connectivity index (χ4v) is 3.98. The molecular weight excluding hydrogens is 370 g/mol. The second-order valence-electron chi connectivity index (χ2n) is 7.38. The topological polar surface area (TPSA) is 81.2 Å². The molecular formula is C22H23N3O4. The molecule has 4 rings (SSSR count). The number of carbonyl (C=O) groups is 3. The summed E-state index contributed by atoms with van der Waals surface area (Å²) >= 11 is 0. The zero-order valence-electron chi connectivity index (χ0n) is 16.0. The number of hydrogen-bond acceptors (Lipinski definition) is 4. The van der Waals surface area contributed by atoms with E-state index in [4.69, 9.17) is 0 Å². The molecule has 1 atom stereocenters. The molecule has 2 fully saturated rings. The van der Waals surface area contributed by atoms with Gasteiger partial charge in [0.05, 0.1) is 17.3 Å². The predicted molar refractivity (Wildman–Crippen MR) is 109 cm³/mol. The Morgan fingerprint density at radius 2 is 1.48 bits per heavy atom. The number of carboxylic acids is 1. The van der Waals surface area contributed by atoms with Crippen LogP contribution in [-0.2, 0) is 9.59 Å². The highest BCUT2D eigenvalue weighted by Gasteiger charge is 2.36. The van der Waals surface area contributed by atoms with Crippen molar-refractivity contribution >= 4 is 29.2 Å². The Labute approximate surface area is 169 Å². The fraction of sp³-hybridized carbons (Fsp3) is 0.318.